The maximum Gasteiger partial charge on any atom is 0.270 e. The van der Waals surface area contributed by atoms with Gasteiger partial charge in [0.2, 0.25) is 0 Å². The number of rotatable bonds is 10. The van der Waals surface area contributed by atoms with Gasteiger partial charge < -0.3 is 14.4 Å². The molecule has 0 unspecified atom stereocenters. The Morgan fingerprint density at radius 2 is 1.89 bits per heavy atom. The van der Waals surface area contributed by atoms with Gasteiger partial charge in [-0.25, -0.2) is 8.78 Å². The van der Waals surface area contributed by atoms with Crippen LogP contribution in [0.3, 0.4) is 0 Å². The number of benzene rings is 1. The molecule has 0 aromatic heterocycles. The van der Waals surface area contributed by atoms with Gasteiger partial charge in [-0.15, -0.1) is 0 Å². The number of nitrogens with zero attached hydrogens (tertiary/aromatic N) is 2. The van der Waals surface area contributed by atoms with Crippen LogP contribution in [0.1, 0.15) is 91.2 Å². The minimum absolute atomic E-state index is 0.0139. The molecule has 0 spiro atoms. The fourth-order valence-corrected chi connectivity index (χ4v) is 4.20. The Hall–Kier alpha value is -2.94. The van der Waals surface area contributed by atoms with E-state index in [1.165, 1.54) is 6.07 Å². The minimum Gasteiger partial charge on any atom is -0.485 e. The highest BCUT2D eigenvalue weighted by atomic mass is 19.3. The van der Waals surface area contributed by atoms with E-state index in [4.69, 9.17) is 10.00 Å². The first-order chi connectivity index (χ1) is 17.2. The van der Waals surface area contributed by atoms with E-state index >= 15 is 0 Å². The lowest BCUT2D eigenvalue weighted by Crippen LogP contribution is -2.34. The zero-order chi connectivity index (χ0) is 27.6. The molecule has 0 bridgehead atoms. The molecule has 0 amide bonds. The summed E-state index contributed by atoms with van der Waals surface area (Å²) in [5.74, 6) is -2.07. The van der Waals surface area contributed by atoms with Gasteiger partial charge in [-0.1, -0.05) is 71.4 Å². The molecule has 1 aromatic carbocycles. The average Bonchev–Trinajstić information content (AvgIpc) is 2.99. The summed E-state index contributed by atoms with van der Waals surface area (Å²) in [4.78, 5) is 11.4. The molecule has 0 atom stereocenters. The third-order valence-corrected chi connectivity index (χ3v) is 5.66. The molecular formula is C30H44F2N2O2. The van der Waals surface area contributed by atoms with Crippen molar-refractivity contribution in [2.24, 2.45) is 0 Å². The molecule has 36 heavy (non-hydrogen) atoms. The topological polar surface area (TPSA) is 53.3 Å². The van der Waals surface area contributed by atoms with Crippen LogP contribution in [0, 0.1) is 11.3 Å². The lowest BCUT2D eigenvalue weighted by atomic mass is 9.88. The summed E-state index contributed by atoms with van der Waals surface area (Å²) in [6.45, 7) is 16.6. The average molecular weight is 503 g/mol. The first-order valence-corrected chi connectivity index (χ1v) is 12.9. The minimum atomic E-state index is -2.84. The van der Waals surface area contributed by atoms with E-state index in [1.54, 1.807) is 24.3 Å². The van der Waals surface area contributed by atoms with Crippen LogP contribution < -0.4 is 0 Å². The summed E-state index contributed by atoms with van der Waals surface area (Å²) in [7, 11) is 0. The summed E-state index contributed by atoms with van der Waals surface area (Å²) in [5, 5.41) is 7.58. The van der Waals surface area contributed by atoms with Crippen LogP contribution in [0.25, 0.3) is 0 Å². The number of alkyl halides is 2. The van der Waals surface area contributed by atoms with Crippen LogP contribution in [0.5, 0.6) is 0 Å². The van der Waals surface area contributed by atoms with Crippen molar-refractivity contribution in [1.82, 2.24) is 4.90 Å². The van der Waals surface area contributed by atoms with Crippen LogP contribution in [-0.4, -0.2) is 23.3 Å². The number of carbonyl (C=O) groups is 1. The number of carbonyl (C=O) groups excluding carboxylic acids is 1. The number of ether oxygens (including phenoxy) is 1. The second-order valence-electron chi connectivity index (χ2n) is 8.53. The molecule has 0 saturated carbocycles. The van der Waals surface area contributed by atoms with E-state index in [9.17, 15) is 13.6 Å². The van der Waals surface area contributed by atoms with Gasteiger partial charge in [0.05, 0.1) is 18.2 Å². The highest BCUT2D eigenvalue weighted by Gasteiger charge is 2.35. The number of allylic oxidation sites excluding steroid dienone is 3. The number of nitriles is 1. The standard InChI is InChI=1S/C25H35F2NO.C3H3NO.C2H6/c1-6-11-22-23(9-4)29-25(14-7-2,15-8-3)16-17-28(22)19-20-12-10-13-21(18-20)24(5,26)27;4-2-1-3-5;1-2/h6,9-13,18H,4,7-8,14-17,19H2,1-3,5H3;3H,1H2;1-2H3/b11-6-;;. The number of hydrogen-bond acceptors (Lipinski definition) is 4. The highest BCUT2D eigenvalue weighted by molar-refractivity contribution is 5.52. The van der Waals surface area contributed by atoms with Crippen molar-refractivity contribution in [3.63, 3.8) is 0 Å². The molecule has 4 nitrogen and oxygen atoms in total. The Labute approximate surface area is 217 Å². The fourth-order valence-electron chi connectivity index (χ4n) is 4.20. The molecule has 0 aliphatic carbocycles. The van der Waals surface area contributed by atoms with Gasteiger partial charge in [0, 0.05) is 32.0 Å². The molecule has 2 rings (SSSR count). The third-order valence-electron chi connectivity index (χ3n) is 5.66. The van der Waals surface area contributed by atoms with Crippen molar-refractivity contribution in [2.45, 2.75) is 98.1 Å². The van der Waals surface area contributed by atoms with Crippen molar-refractivity contribution >= 4 is 6.29 Å². The summed E-state index contributed by atoms with van der Waals surface area (Å²) >= 11 is 0. The molecule has 6 heteroatoms. The maximum atomic E-state index is 13.8. The molecular weight excluding hydrogens is 458 g/mol. The van der Waals surface area contributed by atoms with E-state index in [-0.39, 0.29) is 17.6 Å². The van der Waals surface area contributed by atoms with Crippen LogP contribution >= 0.6 is 0 Å². The second kappa shape index (κ2) is 17.5. The SMILES string of the molecule is C=CC1=C(/C=C\C)N(Cc2cccc(C(C)(F)F)c2)CCC(CCC)(CCC)O1.CC.N#CCC=O. The van der Waals surface area contributed by atoms with E-state index in [0.29, 0.717) is 12.8 Å². The van der Waals surface area contributed by atoms with E-state index in [0.717, 1.165) is 62.6 Å². The fraction of sp³-hybridized carbons (Fsp3) is 0.533. The van der Waals surface area contributed by atoms with E-state index in [1.807, 2.05) is 39.0 Å². The van der Waals surface area contributed by atoms with Gasteiger partial charge in [0.25, 0.3) is 5.92 Å². The smallest absolute Gasteiger partial charge is 0.270 e. The van der Waals surface area contributed by atoms with Crippen molar-refractivity contribution in [3.05, 3.63) is 71.7 Å². The van der Waals surface area contributed by atoms with Gasteiger partial charge in [0.15, 0.2) is 0 Å². The number of hydrogen-bond donors (Lipinski definition) is 0. The van der Waals surface area contributed by atoms with Gasteiger partial charge in [-0.2, -0.15) is 5.26 Å². The first-order valence-electron chi connectivity index (χ1n) is 12.9. The van der Waals surface area contributed by atoms with E-state index in [2.05, 4.69) is 25.3 Å². The van der Waals surface area contributed by atoms with Gasteiger partial charge in [-0.3, -0.25) is 0 Å². The Kier molecular flexibility index (Phi) is 16.1. The summed E-state index contributed by atoms with van der Waals surface area (Å²) in [6.07, 6.45) is 11.4. The highest BCUT2D eigenvalue weighted by Crippen LogP contribution is 2.37. The second-order valence-corrected chi connectivity index (χ2v) is 8.53. The molecule has 0 radical (unpaired) electrons. The molecule has 200 valence electrons. The van der Waals surface area contributed by atoms with Crippen molar-refractivity contribution < 1.29 is 18.3 Å². The Morgan fingerprint density at radius 1 is 1.25 bits per heavy atom. The molecule has 0 N–H and O–H groups in total. The predicted octanol–water partition coefficient (Wildman–Crippen LogP) is 8.46. The summed E-state index contributed by atoms with van der Waals surface area (Å²) in [5.41, 5.74) is 1.68. The lowest BCUT2D eigenvalue weighted by molar-refractivity contribution is -0.107. The summed E-state index contributed by atoms with van der Waals surface area (Å²) in [6, 6.07) is 8.37. The molecule has 1 aromatic rings. The Morgan fingerprint density at radius 3 is 2.33 bits per heavy atom. The lowest BCUT2D eigenvalue weighted by Gasteiger charge is -2.33. The molecule has 1 aliphatic heterocycles. The van der Waals surface area contributed by atoms with Crippen LogP contribution in [0.2, 0.25) is 0 Å². The number of aldehydes is 1. The third kappa shape index (κ3) is 10.8. The molecule has 1 aliphatic rings. The Bertz CT molecular complexity index is 889. The van der Waals surface area contributed by atoms with Gasteiger partial charge >= 0.3 is 0 Å². The number of halogens is 2. The largest absolute Gasteiger partial charge is 0.485 e. The zero-order valence-electron chi connectivity index (χ0n) is 22.9. The molecule has 0 saturated heterocycles. The van der Waals surface area contributed by atoms with Gasteiger partial charge in [0.1, 0.15) is 17.6 Å². The molecule has 1 heterocycles. The van der Waals surface area contributed by atoms with Gasteiger partial charge in [-0.05, 0) is 43.5 Å². The monoisotopic (exact) mass is 502 g/mol. The zero-order valence-corrected chi connectivity index (χ0v) is 22.9. The quantitative estimate of drug-likeness (QED) is 0.301. The predicted molar refractivity (Wildman–Crippen MR) is 144 cm³/mol. The van der Waals surface area contributed by atoms with E-state index < -0.39 is 5.92 Å². The first kappa shape index (κ1) is 33.1. The normalized spacial score (nSPS) is 14.9. The van der Waals surface area contributed by atoms with Crippen molar-refractivity contribution in [1.29, 1.82) is 5.26 Å². The molecule has 0 fully saturated rings. The van der Waals surface area contributed by atoms with Crippen LogP contribution in [0.4, 0.5) is 8.78 Å². The van der Waals surface area contributed by atoms with Crippen molar-refractivity contribution in [2.75, 3.05) is 6.54 Å². The Balaban J connectivity index is 0.00000156. The maximum absolute atomic E-state index is 13.8. The van der Waals surface area contributed by atoms with Crippen LogP contribution in [0.15, 0.2) is 60.5 Å². The summed E-state index contributed by atoms with van der Waals surface area (Å²) < 4.78 is 34.2. The van der Waals surface area contributed by atoms with Crippen molar-refractivity contribution in [3.8, 4) is 6.07 Å². The van der Waals surface area contributed by atoms with Crippen LogP contribution in [-0.2, 0) is 22.0 Å².